The van der Waals surface area contributed by atoms with Gasteiger partial charge in [-0.05, 0) is 24.5 Å². The maximum Gasteiger partial charge on any atom is 0.226 e. The Balaban J connectivity index is 1.74. The maximum atomic E-state index is 9.83. The summed E-state index contributed by atoms with van der Waals surface area (Å²) < 4.78 is 10.8. The summed E-state index contributed by atoms with van der Waals surface area (Å²) in [5, 5.41) is 13.7. The van der Waals surface area contributed by atoms with Crippen molar-refractivity contribution in [1.82, 2.24) is 10.1 Å². The van der Waals surface area contributed by atoms with Crippen LogP contribution in [0.5, 0.6) is 5.75 Å². The van der Waals surface area contributed by atoms with Crippen molar-refractivity contribution < 1.29 is 14.4 Å². The van der Waals surface area contributed by atoms with E-state index in [1.165, 1.54) is 0 Å². The molecule has 1 heterocycles. The normalized spacial score (nSPS) is 17.5. The van der Waals surface area contributed by atoms with Crippen molar-refractivity contribution in [3.8, 4) is 5.75 Å². The number of rotatable bonds is 4. The fourth-order valence-corrected chi connectivity index (χ4v) is 2.37. The van der Waals surface area contributed by atoms with Gasteiger partial charge in [0.1, 0.15) is 5.75 Å². The zero-order valence-corrected chi connectivity index (χ0v) is 10.8. The molecule has 2 aromatic rings. The highest BCUT2D eigenvalue weighted by atomic mass is 16.5. The molecule has 0 saturated carbocycles. The average Bonchev–Trinajstić information content (AvgIpc) is 3.04. The van der Waals surface area contributed by atoms with Crippen molar-refractivity contribution >= 4 is 0 Å². The van der Waals surface area contributed by atoms with Crippen LogP contribution in [0, 0.1) is 0 Å². The second-order valence-electron chi connectivity index (χ2n) is 4.62. The smallest absolute Gasteiger partial charge is 0.226 e. The lowest BCUT2D eigenvalue weighted by atomic mass is 10.1. The van der Waals surface area contributed by atoms with Gasteiger partial charge in [0, 0.05) is 12.0 Å². The summed E-state index contributed by atoms with van der Waals surface area (Å²) in [7, 11) is 0. The van der Waals surface area contributed by atoms with Gasteiger partial charge in [0.2, 0.25) is 11.7 Å². The molecule has 1 aromatic carbocycles. The number of hydrogen-bond donors (Lipinski definition) is 1. The van der Waals surface area contributed by atoms with Crippen LogP contribution in [0.3, 0.4) is 0 Å². The molecule has 1 aliphatic carbocycles. The van der Waals surface area contributed by atoms with Crippen molar-refractivity contribution in [3.05, 3.63) is 41.0 Å². The molecule has 1 atom stereocenters. The van der Waals surface area contributed by atoms with Crippen LogP contribution in [0.1, 0.15) is 42.3 Å². The molecule has 0 spiro atoms. The number of fused-ring (bicyclic) bond motifs is 1. The van der Waals surface area contributed by atoms with Crippen LogP contribution in [0.25, 0.3) is 0 Å². The van der Waals surface area contributed by atoms with Crippen molar-refractivity contribution in [2.24, 2.45) is 0 Å². The number of nitrogens with zero attached hydrogens (tertiary/aromatic N) is 2. The summed E-state index contributed by atoms with van der Waals surface area (Å²) in [4.78, 5) is 4.20. The number of aliphatic hydroxyl groups excluding tert-OH is 1. The number of aliphatic hydroxyl groups is 1. The summed E-state index contributed by atoms with van der Waals surface area (Å²) in [6, 6.07) is 5.76. The van der Waals surface area contributed by atoms with Gasteiger partial charge in [-0.15, -0.1) is 0 Å². The van der Waals surface area contributed by atoms with E-state index in [1.807, 2.05) is 25.1 Å². The van der Waals surface area contributed by atoms with Gasteiger partial charge in [0.15, 0.2) is 6.61 Å². The topological polar surface area (TPSA) is 68.4 Å². The third-order valence-corrected chi connectivity index (χ3v) is 3.37. The Kier molecular flexibility index (Phi) is 3.21. The van der Waals surface area contributed by atoms with E-state index in [-0.39, 0.29) is 12.7 Å². The largest absolute Gasteiger partial charge is 0.485 e. The van der Waals surface area contributed by atoms with Gasteiger partial charge in [-0.3, -0.25) is 0 Å². The van der Waals surface area contributed by atoms with Crippen LogP contribution >= 0.6 is 0 Å². The van der Waals surface area contributed by atoms with Gasteiger partial charge in [-0.25, -0.2) is 0 Å². The van der Waals surface area contributed by atoms with Crippen LogP contribution in [0.4, 0.5) is 0 Å². The Morgan fingerprint density at radius 3 is 3.16 bits per heavy atom. The first kappa shape index (κ1) is 12.2. The summed E-state index contributed by atoms with van der Waals surface area (Å²) in [6.07, 6.45) is 1.96. The molecule has 0 aliphatic heterocycles. The van der Waals surface area contributed by atoms with Gasteiger partial charge in [0.05, 0.1) is 6.10 Å². The van der Waals surface area contributed by atoms with Gasteiger partial charge in [0.25, 0.3) is 0 Å². The number of aromatic nitrogens is 2. The summed E-state index contributed by atoms with van der Waals surface area (Å²) in [5.74, 6) is 1.97. The third-order valence-electron chi connectivity index (χ3n) is 3.37. The highest BCUT2D eigenvalue weighted by Gasteiger charge is 2.23. The van der Waals surface area contributed by atoms with Crippen LogP contribution in [-0.2, 0) is 19.4 Å². The molecule has 19 heavy (non-hydrogen) atoms. The first-order valence-electron chi connectivity index (χ1n) is 6.52. The van der Waals surface area contributed by atoms with Crippen molar-refractivity contribution in [3.63, 3.8) is 0 Å². The molecule has 0 radical (unpaired) electrons. The van der Waals surface area contributed by atoms with E-state index in [0.717, 1.165) is 36.1 Å². The van der Waals surface area contributed by atoms with E-state index in [0.29, 0.717) is 11.7 Å². The predicted octanol–water partition coefficient (Wildman–Crippen LogP) is 2.19. The minimum absolute atomic E-state index is 0.288. The molecule has 0 bridgehead atoms. The molecule has 1 N–H and O–H groups in total. The second-order valence-corrected chi connectivity index (χ2v) is 4.62. The van der Waals surface area contributed by atoms with Crippen LogP contribution in [0.2, 0.25) is 0 Å². The van der Waals surface area contributed by atoms with Crippen LogP contribution < -0.4 is 4.74 Å². The fraction of sp³-hybridized carbons (Fsp3) is 0.429. The first-order valence-corrected chi connectivity index (χ1v) is 6.52. The quantitative estimate of drug-likeness (QED) is 0.912. The first-order chi connectivity index (χ1) is 9.28. The molecule has 1 aromatic heterocycles. The summed E-state index contributed by atoms with van der Waals surface area (Å²) in [5.41, 5.74) is 2.06. The number of aryl methyl sites for hydroxylation is 1. The fourth-order valence-electron chi connectivity index (χ4n) is 2.37. The lowest BCUT2D eigenvalue weighted by molar-refractivity contribution is 0.180. The van der Waals surface area contributed by atoms with Crippen molar-refractivity contribution in [2.45, 2.75) is 38.9 Å². The standard InChI is InChI=1S/C14H16N2O3/c1-2-14-15-13(16-19-14)8-18-12-5-3-4-9-10(12)6-7-11(9)17/h3-5,11,17H,2,6-8H2,1H3. The molecule has 100 valence electrons. The Bertz CT molecular complexity index is 580. The minimum atomic E-state index is -0.365. The van der Waals surface area contributed by atoms with E-state index < -0.39 is 0 Å². The van der Waals surface area contributed by atoms with Crippen LogP contribution in [-0.4, -0.2) is 15.2 Å². The molecule has 5 heteroatoms. The van der Waals surface area contributed by atoms with Gasteiger partial charge < -0.3 is 14.4 Å². The molecule has 1 unspecified atom stereocenters. The average molecular weight is 260 g/mol. The maximum absolute atomic E-state index is 9.83. The lowest BCUT2D eigenvalue weighted by Crippen LogP contribution is -2.00. The molecule has 5 nitrogen and oxygen atoms in total. The SMILES string of the molecule is CCc1nc(COc2cccc3c2CCC3O)no1. The monoisotopic (exact) mass is 260 g/mol. The Hall–Kier alpha value is -1.88. The van der Waals surface area contributed by atoms with Crippen LogP contribution in [0.15, 0.2) is 22.7 Å². The number of benzene rings is 1. The molecule has 3 rings (SSSR count). The highest BCUT2D eigenvalue weighted by Crippen LogP contribution is 2.36. The molecule has 1 aliphatic rings. The molecular formula is C14H16N2O3. The van der Waals surface area contributed by atoms with E-state index in [9.17, 15) is 5.11 Å². The number of hydrogen-bond acceptors (Lipinski definition) is 5. The van der Waals surface area contributed by atoms with Crippen molar-refractivity contribution in [1.29, 1.82) is 0 Å². The van der Waals surface area contributed by atoms with E-state index in [4.69, 9.17) is 9.26 Å². The Morgan fingerprint density at radius 2 is 2.37 bits per heavy atom. The Morgan fingerprint density at radius 1 is 1.47 bits per heavy atom. The van der Waals surface area contributed by atoms with Gasteiger partial charge in [-0.2, -0.15) is 4.98 Å². The van der Waals surface area contributed by atoms with Gasteiger partial charge >= 0.3 is 0 Å². The van der Waals surface area contributed by atoms with E-state index in [2.05, 4.69) is 10.1 Å². The zero-order chi connectivity index (χ0) is 13.2. The van der Waals surface area contributed by atoms with Gasteiger partial charge in [-0.1, -0.05) is 24.2 Å². The Labute approximate surface area is 111 Å². The lowest BCUT2D eigenvalue weighted by Gasteiger charge is -2.09. The van der Waals surface area contributed by atoms with E-state index >= 15 is 0 Å². The molecule has 0 fully saturated rings. The number of ether oxygens (including phenoxy) is 1. The minimum Gasteiger partial charge on any atom is -0.485 e. The van der Waals surface area contributed by atoms with E-state index in [1.54, 1.807) is 0 Å². The predicted molar refractivity (Wildman–Crippen MR) is 67.7 cm³/mol. The molecule has 0 amide bonds. The highest BCUT2D eigenvalue weighted by molar-refractivity contribution is 5.44. The molecular weight excluding hydrogens is 244 g/mol. The molecule has 0 saturated heterocycles. The summed E-state index contributed by atoms with van der Waals surface area (Å²) >= 11 is 0. The van der Waals surface area contributed by atoms with Crippen molar-refractivity contribution in [2.75, 3.05) is 0 Å². The second kappa shape index (κ2) is 5.01. The third kappa shape index (κ3) is 2.33. The zero-order valence-electron chi connectivity index (χ0n) is 10.8. The summed E-state index contributed by atoms with van der Waals surface area (Å²) in [6.45, 7) is 2.25.